The van der Waals surface area contributed by atoms with Crippen molar-refractivity contribution in [1.82, 2.24) is 10.1 Å². The standard InChI is InChI=1S/C27H16Cl2F4N2O5/c28-16-2-1-3-17(29)21(16)22-14(23(40-35-22)12-4-5-12)11-38-20-9-8-18-24(34-20)27(32,33)26(30,31)15-7-6-13(25(36)37)10-19(15)39-18/h1-3,6-10,12H,4-5,11H2,(H,36,37). The van der Waals surface area contributed by atoms with Gasteiger partial charge in [0.05, 0.1) is 26.7 Å². The van der Waals surface area contributed by atoms with E-state index in [4.69, 9.17) is 37.2 Å². The Kier molecular flexibility index (Phi) is 6.19. The molecule has 1 N–H and O–H groups in total. The molecule has 13 heteroatoms. The van der Waals surface area contributed by atoms with Crippen molar-refractivity contribution in [1.29, 1.82) is 0 Å². The molecule has 1 fully saturated rings. The predicted molar refractivity (Wildman–Crippen MR) is 134 cm³/mol. The lowest BCUT2D eigenvalue weighted by molar-refractivity contribution is -0.225. The molecule has 2 aromatic heterocycles. The summed E-state index contributed by atoms with van der Waals surface area (Å²) in [6.45, 7) is -0.261. The van der Waals surface area contributed by atoms with Crippen LogP contribution in [0.2, 0.25) is 10.0 Å². The van der Waals surface area contributed by atoms with Crippen molar-refractivity contribution in [2.45, 2.75) is 37.2 Å². The van der Waals surface area contributed by atoms with Crippen molar-refractivity contribution in [2.24, 2.45) is 0 Å². The number of carboxylic acid groups (broad SMARTS) is 1. The third-order valence-electron chi connectivity index (χ3n) is 6.64. The number of ether oxygens (including phenoxy) is 2. The topological polar surface area (TPSA) is 94.7 Å². The SMILES string of the molecule is O=C(O)c1ccc2c(c1)Oc1ccc(OCc3c(-c4c(Cl)cccc4Cl)noc3C3CC3)nc1C(F)(F)C2(F)F. The molecule has 2 aliphatic rings. The molecule has 206 valence electrons. The highest BCUT2D eigenvalue weighted by Gasteiger charge is 2.63. The van der Waals surface area contributed by atoms with Crippen molar-refractivity contribution >= 4 is 29.2 Å². The summed E-state index contributed by atoms with van der Waals surface area (Å²) in [5, 5.41) is 13.9. The van der Waals surface area contributed by atoms with Crippen LogP contribution in [0.1, 0.15) is 51.7 Å². The molecule has 2 aromatic carbocycles. The monoisotopic (exact) mass is 594 g/mol. The zero-order valence-corrected chi connectivity index (χ0v) is 21.6. The van der Waals surface area contributed by atoms with Gasteiger partial charge >= 0.3 is 17.8 Å². The van der Waals surface area contributed by atoms with Crippen LogP contribution < -0.4 is 9.47 Å². The highest BCUT2D eigenvalue weighted by Crippen LogP contribution is 2.57. The Hall–Kier alpha value is -3.83. The minimum atomic E-state index is -4.83. The Bertz CT molecular complexity index is 1650. The lowest BCUT2D eigenvalue weighted by atomic mass is 9.98. The lowest BCUT2D eigenvalue weighted by Crippen LogP contribution is -2.35. The summed E-state index contributed by atoms with van der Waals surface area (Å²) in [6, 6.07) is 9.23. The van der Waals surface area contributed by atoms with Gasteiger partial charge in [0, 0.05) is 17.5 Å². The molecule has 6 rings (SSSR count). The highest BCUT2D eigenvalue weighted by molar-refractivity contribution is 6.39. The first-order chi connectivity index (χ1) is 19.0. The number of fused-ring (bicyclic) bond motifs is 2. The van der Waals surface area contributed by atoms with Crippen molar-refractivity contribution in [2.75, 3.05) is 0 Å². The van der Waals surface area contributed by atoms with E-state index in [2.05, 4.69) is 10.1 Å². The van der Waals surface area contributed by atoms with Crippen LogP contribution in [-0.2, 0) is 18.5 Å². The molecule has 0 radical (unpaired) electrons. The largest absolute Gasteiger partial charge is 0.478 e. The number of aromatic carboxylic acids is 1. The van der Waals surface area contributed by atoms with E-state index in [0.29, 0.717) is 38.7 Å². The second-order valence-electron chi connectivity index (χ2n) is 9.30. The Morgan fingerprint density at radius 1 is 1.02 bits per heavy atom. The molecule has 0 unspecified atom stereocenters. The van der Waals surface area contributed by atoms with Gasteiger partial charge in [-0.25, -0.2) is 9.78 Å². The maximum atomic E-state index is 15.3. The molecule has 0 bridgehead atoms. The van der Waals surface area contributed by atoms with Crippen LogP contribution in [0, 0.1) is 0 Å². The smallest absolute Gasteiger partial charge is 0.360 e. The fraction of sp³-hybridized carbons (Fsp3) is 0.222. The van der Waals surface area contributed by atoms with Crippen LogP contribution in [-0.4, -0.2) is 21.2 Å². The lowest BCUT2D eigenvalue weighted by Gasteiger charge is -2.25. The minimum Gasteiger partial charge on any atom is -0.478 e. The molecule has 0 spiro atoms. The van der Waals surface area contributed by atoms with Crippen molar-refractivity contribution in [3.63, 3.8) is 0 Å². The highest BCUT2D eigenvalue weighted by atomic mass is 35.5. The predicted octanol–water partition coefficient (Wildman–Crippen LogP) is 8.19. The molecule has 3 heterocycles. The minimum absolute atomic E-state index is 0.0757. The van der Waals surface area contributed by atoms with E-state index < -0.39 is 52.0 Å². The second-order valence-corrected chi connectivity index (χ2v) is 10.1. The first kappa shape index (κ1) is 26.4. The van der Waals surface area contributed by atoms with Crippen LogP contribution >= 0.6 is 23.2 Å². The number of carboxylic acids is 1. The number of hydrogen-bond acceptors (Lipinski definition) is 6. The molecule has 40 heavy (non-hydrogen) atoms. The first-order valence-corrected chi connectivity index (χ1v) is 12.6. The van der Waals surface area contributed by atoms with Gasteiger partial charge in [0.15, 0.2) is 11.4 Å². The fourth-order valence-corrected chi connectivity index (χ4v) is 5.02. The summed E-state index contributed by atoms with van der Waals surface area (Å²) in [5.74, 6) is -12.2. The summed E-state index contributed by atoms with van der Waals surface area (Å²) in [5.41, 5.74) is -1.79. The number of aromatic nitrogens is 2. The third-order valence-corrected chi connectivity index (χ3v) is 7.27. The van der Waals surface area contributed by atoms with Gasteiger partial charge < -0.3 is 19.1 Å². The van der Waals surface area contributed by atoms with E-state index in [-0.39, 0.29) is 12.5 Å². The van der Waals surface area contributed by atoms with E-state index >= 15 is 17.6 Å². The summed E-state index contributed by atoms with van der Waals surface area (Å²) < 4.78 is 77.5. The van der Waals surface area contributed by atoms with Crippen LogP contribution in [0.15, 0.2) is 53.1 Å². The molecule has 7 nitrogen and oxygen atoms in total. The number of halogens is 6. The van der Waals surface area contributed by atoms with Crippen LogP contribution in [0.25, 0.3) is 11.3 Å². The molecule has 1 saturated carbocycles. The molecule has 0 saturated heterocycles. The Morgan fingerprint density at radius 2 is 1.75 bits per heavy atom. The average molecular weight is 595 g/mol. The number of carbonyl (C=O) groups is 1. The van der Waals surface area contributed by atoms with Gasteiger partial charge in [0.25, 0.3) is 0 Å². The zero-order valence-electron chi connectivity index (χ0n) is 20.1. The van der Waals surface area contributed by atoms with Gasteiger partial charge in [-0.3, -0.25) is 0 Å². The number of alkyl halides is 4. The number of benzene rings is 2. The molecule has 0 amide bonds. The van der Waals surface area contributed by atoms with Gasteiger partial charge in [0.2, 0.25) is 5.88 Å². The van der Waals surface area contributed by atoms with Gasteiger partial charge in [0.1, 0.15) is 23.8 Å². The van der Waals surface area contributed by atoms with E-state index in [1.807, 2.05) is 0 Å². The quantitative estimate of drug-likeness (QED) is 0.225. The van der Waals surface area contributed by atoms with E-state index in [1.54, 1.807) is 18.2 Å². The van der Waals surface area contributed by atoms with Crippen molar-refractivity contribution in [3.8, 4) is 28.6 Å². The maximum absolute atomic E-state index is 15.3. The molecular formula is C27H16Cl2F4N2O5. The number of nitrogens with zero attached hydrogens (tertiary/aromatic N) is 2. The number of rotatable bonds is 6. The molecular weight excluding hydrogens is 579 g/mol. The summed E-state index contributed by atoms with van der Waals surface area (Å²) in [4.78, 5) is 15.0. The van der Waals surface area contributed by atoms with Gasteiger partial charge in [-0.2, -0.15) is 17.6 Å². The third kappa shape index (κ3) is 4.24. The van der Waals surface area contributed by atoms with Crippen molar-refractivity contribution < 1.29 is 41.5 Å². The second kappa shape index (κ2) is 9.38. The summed E-state index contributed by atoms with van der Waals surface area (Å²) in [6.07, 6.45) is 1.69. The van der Waals surface area contributed by atoms with Crippen molar-refractivity contribution in [3.05, 3.63) is 86.7 Å². The van der Waals surface area contributed by atoms with E-state index in [0.717, 1.165) is 31.0 Å². The van der Waals surface area contributed by atoms with Crippen LogP contribution in [0.3, 0.4) is 0 Å². The molecule has 0 atom stereocenters. The van der Waals surface area contributed by atoms with Gasteiger partial charge in [-0.05, 0) is 49.2 Å². The van der Waals surface area contributed by atoms with Crippen LogP contribution in [0.4, 0.5) is 17.6 Å². The van der Waals surface area contributed by atoms with Gasteiger partial charge in [-0.1, -0.05) is 34.4 Å². The summed E-state index contributed by atoms with van der Waals surface area (Å²) in [7, 11) is 0. The molecule has 1 aliphatic heterocycles. The maximum Gasteiger partial charge on any atom is 0.360 e. The Balaban J connectivity index is 1.37. The normalized spacial score (nSPS) is 16.9. The Labute approximate surface area is 233 Å². The molecule has 1 aliphatic carbocycles. The number of hydrogen-bond donors (Lipinski definition) is 1. The molecule has 4 aromatic rings. The van der Waals surface area contributed by atoms with Gasteiger partial charge in [-0.15, -0.1) is 0 Å². The van der Waals surface area contributed by atoms with E-state index in [9.17, 15) is 9.90 Å². The Morgan fingerprint density at radius 3 is 2.42 bits per heavy atom. The summed E-state index contributed by atoms with van der Waals surface area (Å²) >= 11 is 12.7. The van der Waals surface area contributed by atoms with Crippen LogP contribution in [0.5, 0.6) is 17.4 Å². The number of pyridine rings is 1. The van der Waals surface area contributed by atoms with E-state index in [1.165, 1.54) is 6.07 Å². The zero-order chi connectivity index (χ0) is 28.4. The first-order valence-electron chi connectivity index (χ1n) is 11.9. The average Bonchev–Trinajstić information content (AvgIpc) is 3.68. The fourth-order valence-electron chi connectivity index (χ4n) is 4.45.